The van der Waals surface area contributed by atoms with E-state index in [1.807, 2.05) is 12.1 Å². The third kappa shape index (κ3) is 3.69. The van der Waals surface area contributed by atoms with E-state index in [0.717, 1.165) is 11.4 Å². The molecule has 0 bridgehead atoms. The van der Waals surface area contributed by atoms with Crippen LogP contribution in [-0.4, -0.2) is 21.2 Å². The third-order valence-corrected chi connectivity index (χ3v) is 3.69. The lowest BCUT2D eigenvalue weighted by atomic mass is 10.1. The second kappa shape index (κ2) is 6.53. The Morgan fingerprint density at radius 2 is 1.71 bits per heavy atom. The van der Waals surface area contributed by atoms with Crippen molar-refractivity contribution in [1.82, 2.24) is 0 Å². The Balaban J connectivity index is 2.14. The standard InChI is InChI=1S/C18H24N2O/c1-13-6-9-16(12-18(13)20(3)4)19-14(2)15-7-10-17(21-5)11-8-15/h6-12,14,19H,1-5H3. The highest BCUT2D eigenvalue weighted by molar-refractivity contribution is 5.62. The molecule has 1 N–H and O–H groups in total. The fourth-order valence-electron chi connectivity index (χ4n) is 2.41. The molecule has 0 aliphatic rings. The summed E-state index contributed by atoms with van der Waals surface area (Å²) < 4.78 is 5.20. The van der Waals surface area contributed by atoms with Crippen LogP contribution < -0.4 is 15.0 Å². The zero-order valence-corrected chi connectivity index (χ0v) is 13.5. The van der Waals surface area contributed by atoms with E-state index in [4.69, 9.17) is 4.74 Å². The highest BCUT2D eigenvalue weighted by atomic mass is 16.5. The Morgan fingerprint density at radius 3 is 2.29 bits per heavy atom. The van der Waals surface area contributed by atoms with E-state index in [2.05, 4.69) is 68.5 Å². The van der Waals surface area contributed by atoms with E-state index in [-0.39, 0.29) is 6.04 Å². The normalized spacial score (nSPS) is 11.9. The van der Waals surface area contributed by atoms with Gasteiger partial charge in [0.05, 0.1) is 7.11 Å². The number of hydrogen-bond donors (Lipinski definition) is 1. The molecule has 0 spiro atoms. The summed E-state index contributed by atoms with van der Waals surface area (Å²) in [5.41, 5.74) is 4.89. The van der Waals surface area contributed by atoms with E-state index in [9.17, 15) is 0 Å². The number of nitrogens with one attached hydrogen (secondary N) is 1. The number of anilines is 2. The number of ether oxygens (including phenoxy) is 1. The largest absolute Gasteiger partial charge is 0.497 e. The molecule has 2 aromatic carbocycles. The Kier molecular flexibility index (Phi) is 4.73. The highest BCUT2D eigenvalue weighted by Crippen LogP contribution is 2.26. The molecule has 2 aromatic rings. The molecule has 0 saturated carbocycles. The van der Waals surface area contributed by atoms with Crippen molar-refractivity contribution in [2.24, 2.45) is 0 Å². The van der Waals surface area contributed by atoms with Gasteiger partial charge in [-0.25, -0.2) is 0 Å². The molecule has 0 aromatic heterocycles. The smallest absolute Gasteiger partial charge is 0.118 e. The Hall–Kier alpha value is -2.16. The topological polar surface area (TPSA) is 24.5 Å². The quantitative estimate of drug-likeness (QED) is 0.888. The molecule has 2 rings (SSSR count). The number of hydrogen-bond acceptors (Lipinski definition) is 3. The maximum absolute atomic E-state index is 5.20. The lowest BCUT2D eigenvalue weighted by molar-refractivity contribution is 0.414. The van der Waals surface area contributed by atoms with Gasteiger partial charge in [0.15, 0.2) is 0 Å². The van der Waals surface area contributed by atoms with Crippen LogP contribution in [-0.2, 0) is 0 Å². The van der Waals surface area contributed by atoms with Gasteiger partial charge in [0.1, 0.15) is 5.75 Å². The molecule has 0 heterocycles. The van der Waals surface area contributed by atoms with E-state index >= 15 is 0 Å². The molecule has 0 fully saturated rings. The molecule has 0 saturated heterocycles. The van der Waals surface area contributed by atoms with Gasteiger partial charge in [-0.2, -0.15) is 0 Å². The van der Waals surface area contributed by atoms with Gasteiger partial charge >= 0.3 is 0 Å². The van der Waals surface area contributed by atoms with Gasteiger partial charge in [0.25, 0.3) is 0 Å². The van der Waals surface area contributed by atoms with Crippen LogP contribution >= 0.6 is 0 Å². The summed E-state index contributed by atoms with van der Waals surface area (Å²) in [6, 6.07) is 14.9. The van der Waals surface area contributed by atoms with Crippen LogP contribution in [0.3, 0.4) is 0 Å². The SMILES string of the molecule is COc1ccc(C(C)Nc2ccc(C)c(N(C)C)c2)cc1. The minimum absolute atomic E-state index is 0.244. The first kappa shape index (κ1) is 15.2. The molecule has 0 radical (unpaired) electrons. The molecule has 0 amide bonds. The lowest BCUT2D eigenvalue weighted by Crippen LogP contribution is -2.12. The first-order chi connectivity index (χ1) is 10.0. The van der Waals surface area contributed by atoms with Crippen LogP contribution in [0, 0.1) is 6.92 Å². The second-order valence-corrected chi connectivity index (χ2v) is 5.53. The molecule has 0 aliphatic heterocycles. The molecular weight excluding hydrogens is 260 g/mol. The number of rotatable bonds is 5. The summed E-state index contributed by atoms with van der Waals surface area (Å²) in [6.45, 7) is 4.29. The average molecular weight is 284 g/mol. The molecule has 3 heteroatoms. The van der Waals surface area contributed by atoms with Crippen molar-refractivity contribution >= 4 is 11.4 Å². The molecule has 0 aliphatic carbocycles. The predicted molar refractivity (Wildman–Crippen MR) is 90.5 cm³/mol. The molecule has 3 nitrogen and oxygen atoms in total. The van der Waals surface area contributed by atoms with Crippen LogP contribution in [0.2, 0.25) is 0 Å². The van der Waals surface area contributed by atoms with E-state index in [1.165, 1.54) is 16.8 Å². The van der Waals surface area contributed by atoms with Crippen molar-refractivity contribution in [1.29, 1.82) is 0 Å². The summed E-state index contributed by atoms with van der Waals surface area (Å²) in [4.78, 5) is 2.14. The van der Waals surface area contributed by atoms with Gasteiger partial charge in [0.2, 0.25) is 0 Å². The van der Waals surface area contributed by atoms with Gasteiger partial charge < -0.3 is 15.0 Å². The number of benzene rings is 2. The maximum Gasteiger partial charge on any atom is 0.118 e. The van der Waals surface area contributed by atoms with Gasteiger partial charge in [0, 0.05) is 31.5 Å². The highest BCUT2D eigenvalue weighted by Gasteiger charge is 2.07. The van der Waals surface area contributed by atoms with Gasteiger partial charge in [-0.3, -0.25) is 0 Å². The van der Waals surface area contributed by atoms with Crippen LogP contribution in [0.15, 0.2) is 42.5 Å². The Labute approximate surface area is 127 Å². The third-order valence-electron chi connectivity index (χ3n) is 3.69. The fourth-order valence-corrected chi connectivity index (χ4v) is 2.41. The zero-order valence-electron chi connectivity index (χ0n) is 13.5. The number of nitrogens with zero attached hydrogens (tertiary/aromatic N) is 1. The summed E-state index contributed by atoms with van der Waals surface area (Å²) >= 11 is 0. The van der Waals surface area contributed by atoms with Crippen LogP contribution in [0.4, 0.5) is 11.4 Å². The summed E-state index contributed by atoms with van der Waals surface area (Å²) in [5.74, 6) is 0.885. The zero-order chi connectivity index (χ0) is 15.4. The Bertz CT molecular complexity index is 591. The molecular formula is C18H24N2O. The van der Waals surface area contributed by atoms with Crippen LogP contribution in [0.25, 0.3) is 0 Å². The lowest BCUT2D eigenvalue weighted by Gasteiger charge is -2.20. The van der Waals surface area contributed by atoms with E-state index in [0.29, 0.717) is 0 Å². The van der Waals surface area contributed by atoms with Gasteiger partial charge in [-0.1, -0.05) is 18.2 Å². The van der Waals surface area contributed by atoms with Gasteiger partial charge in [-0.15, -0.1) is 0 Å². The minimum atomic E-state index is 0.244. The van der Waals surface area contributed by atoms with Crippen molar-refractivity contribution in [3.8, 4) is 5.75 Å². The minimum Gasteiger partial charge on any atom is -0.497 e. The first-order valence-electron chi connectivity index (χ1n) is 7.19. The average Bonchev–Trinajstić information content (AvgIpc) is 2.49. The second-order valence-electron chi connectivity index (χ2n) is 5.53. The fraction of sp³-hybridized carbons (Fsp3) is 0.333. The first-order valence-corrected chi connectivity index (χ1v) is 7.19. The molecule has 21 heavy (non-hydrogen) atoms. The summed E-state index contributed by atoms with van der Waals surface area (Å²) in [7, 11) is 5.82. The van der Waals surface area contributed by atoms with Crippen molar-refractivity contribution in [3.63, 3.8) is 0 Å². The number of aryl methyl sites for hydroxylation is 1. The van der Waals surface area contributed by atoms with Crippen molar-refractivity contribution in [2.75, 3.05) is 31.4 Å². The van der Waals surface area contributed by atoms with Crippen molar-refractivity contribution < 1.29 is 4.74 Å². The van der Waals surface area contributed by atoms with E-state index < -0.39 is 0 Å². The van der Waals surface area contributed by atoms with Crippen LogP contribution in [0.1, 0.15) is 24.1 Å². The van der Waals surface area contributed by atoms with Crippen LogP contribution in [0.5, 0.6) is 5.75 Å². The van der Waals surface area contributed by atoms with Gasteiger partial charge in [-0.05, 0) is 49.2 Å². The monoisotopic (exact) mass is 284 g/mol. The maximum atomic E-state index is 5.20. The van der Waals surface area contributed by atoms with Crippen molar-refractivity contribution in [2.45, 2.75) is 19.9 Å². The summed E-state index contributed by atoms with van der Waals surface area (Å²) in [5, 5.41) is 3.55. The Morgan fingerprint density at radius 1 is 1.05 bits per heavy atom. The predicted octanol–water partition coefficient (Wildman–Crippen LogP) is 4.24. The molecule has 1 unspecified atom stereocenters. The van der Waals surface area contributed by atoms with Crippen molar-refractivity contribution in [3.05, 3.63) is 53.6 Å². The number of methoxy groups -OCH3 is 1. The molecule has 112 valence electrons. The summed E-state index contributed by atoms with van der Waals surface area (Å²) in [6.07, 6.45) is 0. The molecule has 1 atom stereocenters. The van der Waals surface area contributed by atoms with E-state index in [1.54, 1.807) is 7.11 Å².